The van der Waals surface area contributed by atoms with Gasteiger partial charge in [0.05, 0.1) is 11.9 Å². The van der Waals surface area contributed by atoms with E-state index in [4.69, 9.17) is 4.74 Å². The number of aromatic nitrogens is 2. The van der Waals surface area contributed by atoms with E-state index in [9.17, 15) is 4.79 Å². The summed E-state index contributed by atoms with van der Waals surface area (Å²) in [6.45, 7) is 0. The Balaban J connectivity index is 1.90. The fourth-order valence-electron chi connectivity index (χ4n) is 2.99. The lowest BCUT2D eigenvalue weighted by Crippen LogP contribution is -2.30. The predicted octanol–water partition coefficient (Wildman–Crippen LogP) is 3.38. The minimum Gasteiger partial charge on any atom is -0.451 e. The zero-order valence-corrected chi connectivity index (χ0v) is 11.8. The number of rotatable bonds is 2. The molecule has 1 aliphatic heterocycles. The Hall–Kier alpha value is -2.88. The first-order valence-corrected chi connectivity index (χ1v) is 7.17. The molecule has 0 saturated carbocycles. The molecule has 2 aromatic carbocycles. The average Bonchev–Trinajstić information content (AvgIpc) is 3.10. The molecule has 0 spiro atoms. The first kappa shape index (κ1) is 12.8. The van der Waals surface area contributed by atoms with Crippen LogP contribution in [0.4, 0.5) is 0 Å². The molecule has 4 rings (SSSR count). The van der Waals surface area contributed by atoms with Crippen molar-refractivity contribution in [2.75, 3.05) is 0 Å². The second-order valence-electron chi connectivity index (χ2n) is 5.28. The molecule has 0 N–H and O–H groups in total. The van der Waals surface area contributed by atoms with Gasteiger partial charge in [-0.05, 0) is 17.2 Å². The molecule has 108 valence electrons. The van der Waals surface area contributed by atoms with Crippen LogP contribution >= 0.6 is 0 Å². The maximum absolute atomic E-state index is 12.3. The van der Waals surface area contributed by atoms with Gasteiger partial charge in [-0.1, -0.05) is 48.5 Å². The smallest absolute Gasteiger partial charge is 0.339 e. The normalized spacial score (nSPS) is 20.3. The molecule has 0 saturated heterocycles. The zero-order chi connectivity index (χ0) is 14.9. The quantitative estimate of drug-likeness (QED) is 0.680. The minimum atomic E-state index is -0.363. The highest BCUT2D eigenvalue weighted by atomic mass is 16.5. The van der Waals surface area contributed by atoms with Crippen LogP contribution < -0.4 is 0 Å². The molecule has 2 heterocycles. The van der Waals surface area contributed by atoms with Gasteiger partial charge in [0, 0.05) is 12.4 Å². The molecule has 1 aromatic heterocycles. The van der Waals surface area contributed by atoms with E-state index in [1.807, 2.05) is 65.4 Å². The van der Waals surface area contributed by atoms with Crippen molar-refractivity contribution in [2.24, 2.45) is 0 Å². The fraction of sp³-hybridized carbons (Fsp3) is 0.111. The number of nitrogens with zero attached hydrogens (tertiary/aromatic N) is 2. The van der Waals surface area contributed by atoms with Crippen molar-refractivity contribution in [2.45, 2.75) is 12.1 Å². The molecule has 2 atom stereocenters. The topological polar surface area (TPSA) is 44.1 Å². The highest BCUT2D eigenvalue weighted by Crippen LogP contribution is 2.41. The van der Waals surface area contributed by atoms with Crippen LogP contribution in [0, 0.1) is 0 Å². The highest BCUT2D eigenvalue weighted by Gasteiger charge is 2.37. The molecule has 0 unspecified atom stereocenters. The van der Waals surface area contributed by atoms with Crippen LogP contribution in [0.1, 0.15) is 33.6 Å². The van der Waals surface area contributed by atoms with Crippen molar-refractivity contribution < 1.29 is 9.53 Å². The molecular formula is C18H14N2O2. The van der Waals surface area contributed by atoms with E-state index in [-0.39, 0.29) is 18.1 Å². The van der Waals surface area contributed by atoms with Gasteiger partial charge in [-0.3, -0.25) is 0 Å². The summed E-state index contributed by atoms with van der Waals surface area (Å²) in [4.78, 5) is 16.5. The predicted molar refractivity (Wildman–Crippen MR) is 81.4 cm³/mol. The Kier molecular flexibility index (Phi) is 3.00. The number of imidazole rings is 1. The van der Waals surface area contributed by atoms with E-state index in [0.717, 1.165) is 11.1 Å². The fourth-order valence-corrected chi connectivity index (χ4v) is 2.99. The van der Waals surface area contributed by atoms with Gasteiger partial charge in [0.1, 0.15) is 6.04 Å². The number of cyclic esters (lactones) is 1. The first-order chi connectivity index (χ1) is 10.8. The number of ether oxygens (including phenoxy) is 1. The second kappa shape index (κ2) is 5.15. The van der Waals surface area contributed by atoms with Crippen LogP contribution in [0.15, 0.2) is 73.3 Å². The third-order valence-corrected chi connectivity index (χ3v) is 3.99. The third kappa shape index (κ3) is 2.00. The van der Waals surface area contributed by atoms with Gasteiger partial charge in [-0.2, -0.15) is 0 Å². The maximum Gasteiger partial charge on any atom is 0.339 e. The summed E-state index contributed by atoms with van der Waals surface area (Å²) in [5.74, 6) is -0.277. The standard InChI is InChI=1S/C18H14N2O2/c21-18-15-9-5-4-8-14(15)16(20-11-10-19-12-20)17(22-18)13-6-2-1-3-7-13/h1-12,16-17H/t16-,17-/m0/s1. The lowest BCUT2D eigenvalue weighted by molar-refractivity contribution is 0.0133. The van der Waals surface area contributed by atoms with Crippen molar-refractivity contribution in [3.05, 3.63) is 90.0 Å². The summed E-state index contributed by atoms with van der Waals surface area (Å²) in [6, 6.07) is 17.3. The van der Waals surface area contributed by atoms with Crippen molar-refractivity contribution >= 4 is 5.97 Å². The molecule has 22 heavy (non-hydrogen) atoms. The summed E-state index contributed by atoms with van der Waals surface area (Å²) in [7, 11) is 0. The van der Waals surface area contributed by atoms with E-state index < -0.39 is 0 Å². The van der Waals surface area contributed by atoms with Crippen LogP contribution in [0.2, 0.25) is 0 Å². The number of carbonyl (C=O) groups excluding carboxylic acids is 1. The first-order valence-electron chi connectivity index (χ1n) is 7.17. The van der Waals surface area contributed by atoms with Crippen LogP contribution in [0.3, 0.4) is 0 Å². The molecule has 0 bridgehead atoms. The van der Waals surface area contributed by atoms with Crippen molar-refractivity contribution in [1.29, 1.82) is 0 Å². The molecule has 0 fully saturated rings. The third-order valence-electron chi connectivity index (χ3n) is 3.99. The number of benzene rings is 2. The number of hydrogen-bond donors (Lipinski definition) is 0. The molecule has 0 radical (unpaired) electrons. The lowest BCUT2D eigenvalue weighted by atomic mass is 9.89. The Bertz CT molecular complexity index is 797. The summed E-state index contributed by atoms with van der Waals surface area (Å²) in [6.07, 6.45) is 5.03. The number of esters is 1. The molecule has 0 aliphatic carbocycles. The van der Waals surface area contributed by atoms with E-state index in [1.54, 1.807) is 12.5 Å². The van der Waals surface area contributed by atoms with Gasteiger partial charge in [0.15, 0.2) is 6.10 Å². The summed E-state index contributed by atoms with van der Waals surface area (Å²) < 4.78 is 7.74. The van der Waals surface area contributed by atoms with Gasteiger partial charge < -0.3 is 9.30 Å². The monoisotopic (exact) mass is 290 g/mol. The molecule has 0 amide bonds. The van der Waals surface area contributed by atoms with Gasteiger partial charge in [-0.15, -0.1) is 0 Å². The van der Waals surface area contributed by atoms with E-state index in [1.165, 1.54) is 0 Å². The van der Waals surface area contributed by atoms with Gasteiger partial charge in [0.2, 0.25) is 0 Å². The SMILES string of the molecule is O=C1O[C@@H](c2ccccc2)[C@@H](n2ccnc2)c2ccccc21. The second-order valence-corrected chi connectivity index (χ2v) is 5.28. The summed E-state index contributed by atoms with van der Waals surface area (Å²) in [5, 5.41) is 0. The average molecular weight is 290 g/mol. The number of fused-ring (bicyclic) bond motifs is 1. The van der Waals surface area contributed by atoms with E-state index >= 15 is 0 Å². The van der Waals surface area contributed by atoms with Crippen LogP contribution in [-0.4, -0.2) is 15.5 Å². The van der Waals surface area contributed by atoms with Crippen LogP contribution in [0.25, 0.3) is 0 Å². The Morgan fingerprint density at radius 2 is 1.77 bits per heavy atom. The Morgan fingerprint density at radius 3 is 2.55 bits per heavy atom. The van der Waals surface area contributed by atoms with Gasteiger partial charge in [-0.25, -0.2) is 9.78 Å². The summed E-state index contributed by atoms with van der Waals surface area (Å²) in [5.41, 5.74) is 2.56. The summed E-state index contributed by atoms with van der Waals surface area (Å²) >= 11 is 0. The molecule has 4 nitrogen and oxygen atoms in total. The largest absolute Gasteiger partial charge is 0.451 e. The van der Waals surface area contributed by atoms with Crippen molar-refractivity contribution in [3.63, 3.8) is 0 Å². The molecule has 4 heteroatoms. The Morgan fingerprint density at radius 1 is 1.00 bits per heavy atom. The minimum absolute atomic E-state index is 0.112. The lowest BCUT2D eigenvalue weighted by Gasteiger charge is -2.34. The number of carbonyl (C=O) groups is 1. The van der Waals surface area contributed by atoms with Crippen molar-refractivity contribution in [1.82, 2.24) is 9.55 Å². The van der Waals surface area contributed by atoms with Crippen LogP contribution in [-0.2, 0) is 4.74 Å². The maximum atomic E-state index is 12.3. The molecule has 1 aliphatic rings. The van der Waals surface area contributed by atoms with E-state index in [2.05, 4.69) is 4.98 Å². The van der Waals surface area contributed by atoms with Crippen molar-refractivity contribution in [3.8, 4) is 0 Å². The van der Waals surface area contributed by atoms with E-state index in [0.29, 0.717) is 5.56 Å². The zero-order valence-electron chi connectivity index (χ0n) is 11.8. The Labute approximate surface area is 128 Å². The van der Waals surface area contributed by atoms with Gasteiger partial charge in [0.25, 0.3) is 0 Å². The van der Waals surface area contributed by atoms with Crippen LogP contribution in [0.5, 0.6) is 0 Å². The molecule has 3 aromatic rings. The highest BCUT2D eigenvalue weighted by molar-refractivity contribution is 5.92. The molecular weight excluding hydrogens is 276 g/mol. The number of hydrogen-bond acceptors (Lipinski definition) is 3. The van der Waals surface area contributed by atoms with Gasteiger partial charge >= 0.3 is 5.97 Å².